The van der Waals surface area contributed by atoms with Crippen molar-refractivity contribution in [3.05, 3.63) is 46.5 Å². The standard InChI is InChI=1S/C17H19N7O3/c1-19-14-7-13(22-16-11(15(18)25)8-20-24(14)16)21-12-3-2-5-23(17(12)26)10-4-6-27-9-10/h2-3,5,7-8,10,19H,4,6,9H2,1H3,(H2,18,25)(H,21,22)/t10-/m0/s1. The molecule has 3 aromatic heterocycles. The lowest BCUT2D eigenvalue weighted by molar-refractivity contribution is 0.100. The fraction of sp³-hybridized carbons (Fsp3) is 0.294. The number of nitrogens with zero attached hydrogens (tertiary/aromatic N) is 4. The molecule has 4 N–H and O–H groups in total. The second-order valence-corrected chi connectivity index (χ2v) is 6.21. The Labute approximate surface area is 154 Å². The normalized spacial score (nSPS) is 16.6. The van der Waals surface area contributed by atoms with Crippen LogP contribution in [0.15, 0.2) is 35.4 Å². The summed E-state index contributed by atoms with van der Waals surface area (Å²) in [6.45, 7) is 1.17. The number of ether oxygens (including phenoxy) is 1. The average Bonchev–Trinajstić information content (AvgIpc) is 3.32. The number of primary amides is 1. The van der Waals surface area contributed by atoms with Crippen molar-refractivity contribution in [3.63, 3.8) is 0 Å². The van der Waals surface area contributed by atoms with Crippen LogP contribution >= 0.6 is 0 Å². The van der Waals surface area contributed by atoms with E-state index in [2.05, 4.69) is 20.7 Å². The van der Waals surface area contributed by atoms with E-state index < -0.39 is 5.91 Å². The SMILES string of the molecule is CNc1cc(Nc2cccn([C@H]3CCOC3)c2=O)nc2c(C(N)=O)cnn12. The van der Waals surface area contributed by atoms with Gasteiger partial charge in [0, 0.05) is 25.9 Å². The molecule has 1 amide bonds. The monoisotopic (exact) mass is 369 g/mol. The van der Waals surface area contributed by atoms with Gasteiger partial charge in [0.25, 0.3) is 11.5 Å². The predicted octanol–water partition coefficient (Wildman–Crippen LogP) is 0.737. The van der Waals surface area contributed by atoms with Crippen LogP contribution in [-0.2, 0) is 4.74 Å². The van der Waals surface area contributed by atoms with E-state index in [0.717, 1.165) is 6.42 Å². The lowest BCUT2D eigenvalue weighted by atomic mass is 10.2. The van der Waals surface area contributed by atoms with Crippen molar-refractivity contribution in [2.24, 2.45) is 5.73 Å². The van der Waals surface area contributed by atoms with Gasteiger partial charge in [0.05, 0.1) is 18.8 Å². The lowest BCUT2D eigenvalue weighted by Gasteiger charge is -2.14. The van der Waals surface area contributed by atoms with Gasteiger partial charge in [-0.05, 0) is 18.6 Å². The molecule has 1 atom stereocenters. The molecular formula is C17H19N7O3. The third-order valence-electron chi connectivity index (χ3n) is 4.53. The number of fused-ring (bicyclic) bond motifs is 1. The van der Waals surface area contributed by atoms with E-state index in [4.69, 9.17) is 10.5 Å². The summed E-state index contributed by atoms with van der Waals surface area (Å²) in [5.74, 6) is 0.364. The van der Waals surface area contributed by atoms with Crippen molar-refractivity contribution < 1.29 is 9.53 Å². The highest BCUT2D eigenvalue weighted by Crippen LogP contribution is 2.22. The van der Waals surface area contributed by atoms with Gasteiger partial charge in [-0.3, -0.25) is 9.59 Å². The summed E-state index contributed by atoms with van der Waals surface area (Å²) < 4.78 is 8.52. The number of hydrogen-bond acceptors (Lipinski definition) is 7. The molecule has 0 aromatic carbocycles. The molecule has 10 nitrogen and oxygen atoms in total. The Morgan fingerprint density at radius 3 is 3.00 bits per heavy atom. The number of carbonyl (C=O) groups excluding carboxylic acids is 1. The molecule has 0 spiro atoms. The first-order chi connectivity index (χ1) is 13.1. The maximum Gasteiger partial charge on any atom is 0.274 e. The van der Waals surface area contributed by atoms with Crippen LogP contribution < -0.4 is 21.9 Å². The molecule has 1 aliphatic rings. The second kappa shape index (κ2) is 6.72. The number of aromatic nitrogens is 4. The first-order valence-corrected chi connectivity index (χ1v) is 8.50. The zero-order valence-corrected chi connectivity index (χ0v) is 14.7. The Hall–Kier alpha value is -3.40. The van der Waals surface area contributed by atoms with Crippen LogP contribution in [0.3, 0.4) is 0 Å². The highest BCUT2D eigenvalue weighted by molar-refractivity contribution is 5.98. The van der Waals surface area contributed by atoms with Crippen molar-refractivity contribution in [1.82, 2.24) is 19.2 Å². The van der Waals surface area contributed by atoms with E-state index in [1.165, 1.54) is 10.7 Å². The molecule has 3 aromatic rings. The number of nitrogens with two attached hydrogens (primary N) is 1. The Morgan fingerprint density at radius 1 is 1.44 bits per heavy atom. The number of hydrogen-bond donors (Lipinski definition) is 3. The fourth-order valence-corrected chi connectivity index (χ4v) is 3.15. The number of carbonyl (C=O) groups is 1. The molecule has 1 fully saturated rings. The largest absolute Gasteiger partial charge is 0.379 e. The van der Waals surface area contributed by atoms with Crippen molar-refractivity contribution in [2.75, 3.05) is 30.9 Å². The van der Waals surface area contributed by atoms with E-state index in [-0.39, 0.29) is 17.2 Å². The summed E-state index contributed by atoms with van der Waals surface area (Å²) >= 11 is 0. The molecule has 0 saturated carbocycles. The minimum atomic E-state index is -0.625. The Kier molecular flexibility index (Phi) is 4.24. The van der Waals surface area contributed by atoms with Gasteiger partial charge in [0.2, 0.25) is 0 Å². The van der Waals surface area contributed by atoms with Gasteiger partial charge in [0.15, 0.2) is 5.65 Å². The van der Waals surface area contributed by atoms with Gasteiger partial charge in [0.1, 0.15) is 22.9 Å². The first-order valence-electron chi connectivity index (χ1n) is 8.50. The van der Waals surface area contributed by atoms with Crippen LogP contribution in [0.4, 0.5) is 17.3 Å². The third-order valence-corrected chi connectivity index (χ3v) is 4.53. The quantitative estimate of drug-likeness (QED) is 0.605. The number of rotatable bonds is 5. The lowest BCUT2D eigenvalue weighted by Crippen LogP contribution is -2.26. The highest BCUT2D eigenvalue weighted by Gasteiger charge is 2.20. The number of pyridine rings is 1. The molecule has 10 heteroatoms. The van der Waals surface area contributed by atoms with E-state index in [9.17, 15) is 9.59 Å². The Morgan fingerprint density at radius 2 is 2.30 bits per heavy atom. The minimum Gasteiger partial charge on any atom is -0.379 e. The Bertz CT molecular complexity index is 1070. The molecule has 0 bridgehead atoms. The predicted molar refractivity (Wildman–Crippen MR) is 99.5 cm³/mol. The van der Waals surface area contributed by atoms with Gasteiger partial charge in [-0.25, -0.2) is 4.98 Å². The molecule has 1 aliphatic heterocycles. The zero-order chi connectivity index (χ0) is 19.0. The third kappa shape index (κ3) is 2.99. The number of amides is 1. The van der Waals surface area contributed by atoms with Crippen LogP contribution in [0.1, 0.15) is 22.8 Å². The first kappa shape index (κ1) is 17.0. The highest BCUT2D eigenvalue weighted by atomic mass is 16.5. The smallest absolute Gasteiger partial charge is 0.274 e. The van der Waals surface area contributed by atoms with Crippen LogP contribution in [0.2, 0.25) is 0 Å². The average molecular weight is 369 g/mol. The molecule has 4 rings (SSSR count). The van der Waals surface area contributed by atoms with Crippen LogP contribution in [-0.4, -0.2) is 45.3 Å². The van der Waals surface area contributed by atoms with Crippen LogP contribution in [0.25, 0.3) is 5.65 Å². The summed E-state index contributed by atoms with van der Waals surface area (Å²) in [6.07, 6.45) is 3.92. The maximum absolute atomic E-state index is 12.8. The molecule has 0 aliphatic carbocycles. The topological polar surface area (TPSA) is 129 Å². The van der Waals surface area contributed by atoms with Gasteiger partial charge in [-0.15, -0.1) is 0 Å². The van der Waals surface area contributed by atoms with Crippen LogP contribution in [0.5, 0.6) is 0 Å². The second-order valence-electron chi connectivity index (χ2n) is 6.21. The fourth-order valence-electron chi connectivity index (χ4n) is 3.15. The van der Waals surface area contributed by atoms with Gasteiger partial charge in [-0.2, -0.15) is 9.61 Å². The minimum absolute atomic E-state index is 0.0267. The molecule has 4 heterocycles. The van der Waals surface area contributed by atoms with Gasteiger partial charge >= 0.3 is 0 Å². The molecule has 0 radical (unpaired) electrons. The summed E-state index contributed by atoms with van der Waals surface area (Å²) in [5, 5.41) is 10.2. The summed E-state index contributed by atoms with van der Waals surface area (Å²) in [7, 11) is 1.72. The molecule has 0 unspecified atom stereocenters. The van der Waals surface area contributed by atoms with E-state index in [0.29, 0.717) is 36.2 Å². The summed E-state index contributed by atoms with van der Waals surface area (Å²) in [4.78, 5) is 28.8. The van der Waals surface area contributed by atoms with Crippen molar-refractivity contribution in [1.29, 1.82) is 0 Å². The maximum atomic E-state index is 12.8. The number of nitrogens with one attached hydrogen (secondary N) is 2. The summed E-state index contributed by atoms with van der Waals surface area (Å²) in [6, 6.07) is 5.21. The molecule has 27 heavy (non-hydrogen) atoms. The van der Waals surface area contributed by atoms with E-state index in [1.807, 2.05) is 0 Å². The molecular weight excluding hydrogens is 350 g/mol. The summed E-state index contributed by atoms with van der Waals surface area (Å²) in [5.41, 5.74) is 6.11. The van der Waals surface area contributed by atoms with Crippen molar-refractivity contribution in [2.45, 2.75) is 12.5 Å². The van der Waals surface area contributed by atoms with Gasteiger partial charge in [-0.1, -0.05) is 0 Å². The van der Waals surface area contributed by atoms with Crippen molar-refractivity contribution in [3.8, 4) is 0 Å². The van der Waals surface area contributed by atoms with E-state index >= 15 is 0 Å². The van der Waals surface area contributed by atoms with E-state index in [1.54, 1.807) is 36.0 Å². The number of anilines is 3. The van der Waals surface area contributed by atoms with Crippen LogP contribution in [0, 0.1) is 0 Å². The zero-order valence-electron chi connectivity index (χ0n) is 14.7. The Balaban J connectivity index is 1.75. The molecule has 1 saturated heterocycles. The van der Waals surface area contributed by atoms with Gasteiger partial charge < -0.3 is 25.7 Å². The van der Waals surface area contributed by atoms with Crippen molar-refractivity contribution >= 4 is 28.9 Å². The molecule has 140 valence electrons.